The van der Waals surface area contributed by atoms with Crippen LogP contribution in [0.1, 0.15) is 32.3 Å². The van der Waals surface area contributed by atoms with E-state index in [0.717, 1.165) is 18.4 Å². The third-order valence-corrected chi connectivity index (χ3v) is 2.63. The van der Waals surface area contributed by atoms with E-state index in [0.29, 0.717) is 23.7 Å². The van der Waals surface area contributed by atoms with E-state index in [-0.39, 0.29) is 0 Å². The molecule has 0 aliphatic heterocycles. The molecule has 0 saturated heterocycles. The van der Waals surface area contributed by atoms with Crippen molar-refractivity contribution in [2.75, 3.05) is 6.61 Å². The Morgan fingerprint density at radius 3 is 2.59 bits per heavy atom. The summed E-state index contributed by atoms with van der Waals surface area (Å²) in [5, 5.41) is 18.5. The molecule has 0 fully saturated rings. The van der Waals surface area contributed by atoms with Crippen molar-refractivity contribution < 1.29 is 14.8 Å². The minimum Gasteiger partial charge on any atom is -0.494 e. The molecule has 2 N–H and O–H groups in total. The Bertz CT molecular complexity index is 351. The van der Waals surface area contributed by atoms with Crippen LogP contribution >= 0.6 is 0 Å². The zero-order valence-corrected chi connectivity index (χ0v) is 10.8. The van der Waals surface area contributed by atoms with Crippen molar-refractivity contribution in [2.24, 2.45) is 5.92 Å². The first-order chi connectivity index (χ1) is 8.00. The van der Waals surface area contributed by atoms with Crippen molar-refractivity contribution in [3.05, 3.63) is 23.8 Å². The van der Waals surface area contributed by atoms with Gasteiger partial charge in [-0.1, -0.05) is 31.5 Å². The normalized spacial score (nSPS) is 10.7. The molecule has 0 radical (unpaired) electrons. The number of ether oxygens (including phenoxy) is 1. The highest BCUT2D eigenvalue weighted by atomic mass is 16.5. The number of aryl methyl sites for hydroxylation is 1. The Kier molecular flexibility index (Phi) is 5.52. The lowest BCUT2D eigenvalue weighted by Crippen LogP contribution is -2.31. The van der Waals surface area contributed by atoms with Gasteiger partial charge in [0.25, 0.3) is 0 Å². The molecule has 0 unspecified atom stereocenters. The molecule has 1 aromatic rings. The molecule has 3 nitrogen and oxygen atoms in total. The molecule has 0 atom stereocenters. The average Bonchev–Trinajstić information content (AvgIpc) is 2.25. The third kappa shape index (κ3) is 4.80. The maximum absolute atomic E-state index is 9.25. The largest absolute Gasteiger partial charge is 0.494 e. The number of rotatable bonds is 6. The van der Waals surface area contributed by atoms with Crippen LogP contribution in [0.5, 0.6) is 5.75 Å². The van der Waals surface area contributed by atoms with Crippen molar-refractivity contribution in [1.82, 2.24) is 0 Å². The zero-order chi connectivity index (χ0) is 12.8. The molecule has 0 spiro atoms. The average molecular weight is 236 g/mol. The van der Waals surface area contributed by atoms with Gasteiger partial charge >= 0.3 is 7.12 Å². The third-order valence-electron chi connectivity index (χ3n) is 2.63. The van der Waals surface area contributed by atoms with Gasteiger partial charge in [-0.15, -0.1) is 0 Å². The smallest absolute Gasteiger partial charge is 0.492 e. The zero-order valence-electron chi connectivity index (χ0n) is 10.8. The van der Waals surface area contributed by atoms with Crippen molar-refractivity contribution in [3.8, 4) is 5.75 Å². The minimum atomic E-state index is -1.48. The molecule has 0 aliphatic carbocycles. The van der Waals surface area contributed by atoms with Crippen molar-refractivity contribution >= 4 is 12.6 Å². The summed E-state index contributed by atoms with van der Waals surface area (Å²) in [6, 6.07) is 5.44. The van der Waals surface area contributed by atoms with Gasteiger partial charge in [0.15, 0.2) is 0 Å². The minimum absolute atomic E-state index is 0.439. The van der Waals surface area contributed by atoms with Crippen molar-refractivity contribution in [2.45, 2.75) is 33.6 Å². The summed E-state index contributed by atoms with van der Waals surface area (Å²) < 4.78 is 5.58. The van der Waals surface area contributed by atoms with Crippen LogP contribution in [0.2, 0.25) is 0 Å². The number of hydrogen-bond donors (Lipinski definition) is 2. The van der Waals surface area contributed by atoms with Crippen LogP contribution in [0.3, 0.4) is 0 Å². The molecule has 17 heavy (non-hydrogen) atoms. The molecule has 0 saturated carbocycles. The van der Waals surface area contributed by atoms with Gasteiger partial charge in [0.1, 0.15) is 5.75 Å². The van der Waals surface area contributed by atoms with Crippen molar-refractivity contribution in [3.63, 3.8) is 0 Å². The molecule has 1 aromatic carbocycles. The van der Waals surface area contributed by atoms with Gasteiger partial charge in [0, 0.05) is 5.46 Å². The van der Waals surface area contributed by atoms with Crippen LogP contribution in [0.15, 0.2) is 18.2 Å². The maximum Gasteiger partial charge on any atom is 0.492 e. The summed E-state index contributed by atoms with van der Waals surface area (Å²) in [6.07, 6.45) is 2.09. The van der Waals surface area contributed by atoms with Crippen LogP contribution in [0, 0.1) is 12.8 Å². The van der Waals surface area contributed by atoms with E-state index in [2.05, 4.69) is 13.8 Å². The summed E-state index contributed by atoms with van der Waals surface area (Å²) >= 11 is 0. The fourth-order valence-electron chi connectivity index (χ4n) is 1.67. The van der Waals surface area contributed by atoms with E-state index < -0.39 is 7.12 Å². The number of benzene rings is 1. The van der Waals surface area contributed by atoms with E-state index in [1.165, 1.54) is 0 Å². The molecule has 0 heterocycles. The lowest BCUT2D eigenvalue weighted by Gasteiger charge is -2.12. The summed E-state index contributed by atoms with van der Waals surface area (Å²) in [5.41, 5.74) is 1.43. The Morgan fingerprint density at radius 2 is 2.00 bits per heavy atom. The Hall–Kier alpha value is -0.995. The quantitative estimate of drug-likeness (QED) is 0.581. The lowest BCUT2D eigenvalue weighted by atomic mass is 9.79. The summed E-state index contributed by atoms with van der Waals surface area (Å²) in [7, 11) is -1.48. The molecule has 0 amide bonds. The molecule has 0 aromatic heterocycles. The second kappa shape index (κ2) is 6.67. The Morgan fingerprint density at radius 1 is 1.29 bits per heavy atom. The van der Waals surface area contributed by atoms with Crippen molar-refractivity contribution in [1.29, 1.82) is 0 Å². The summed E-state index contributed by atoms with van der Waals surface area (Å²) in [5.74, 6) is 1.23. The van der Waals surface area contributed by atoms with E-state index in [1.54, 1.807) is 12.1 Å². The Labute approximate surface area is 104 Å². The SMILES string of the molecule is Cc1ccc(OCCCC(C)C)c(B(O)O)c1. The summed E-state index contributed by atoms with van der Waals surface area (Å²) in [6.45, 7) is 6.87. The van der Waals surface area contributed by atoms with Gasteiger partial charge in [-0.25, -0.2) is 0 Å². The maximum atomic E-state index is 9.25. The predicted molar refractivity (Wildman–Crippen MR) is 70.6 cm³/mol. The first-order valence-electron chi connectivity index (χ1n) is 6.10. The van der Waals surface area contributed by atoms with Gasteiger partial charge in [-0.05, 0) is 31.7 Å². The van der Waals surface area contributed by atoms with E-state index in [4.69, 9.17) is 4.74 Å². The first-order valence-corrected chi connectivity index (χ1v) is 6.10. The fraction of sp³-hybridized carbons (Fsp3) is 0.538. The molecule has 94 valence electrons. The molecular formula is C13H21BO3. The van der Waals surface area contributed by atoms with Crippen LogP contribution in [-0.2, 0) is 0 Å². The van der Waals surface area contributed by atoms with Crippen LogP contribution in [0.4, 0.5) is 0 Å². The molecule has 1 rings (SSSR count). The van der Waals surface area contributed by atoms with E-state index in [9.17, 15) is 10.0 Å². The van der Waals surface area contributed by atoms with Gasteiger partial charge in [-0.3, -0.25) is 0 Å². The molecule has 4 heteroatoms. The van der Waals surface area contributed by atoms with E-state index in [1.807, 2.05) is 13.0 Å². The predicted octanol–water partition coefficient (Wildman–Crippen LogP) is 1.49. The molecular weight excluding hydrogens is 215 g/mol. The van der Waals surface area contributed by atoms with Gasteiger partial charge in [0.05, 0.1) is 6.61 Å². The van der Waals surface area contributed by atoms with E-state index >= 15 is 0 Å². The monoisotopic (exact) mass is 236 g/mol. The van der Waals surface area contributed by atoms with Gasteiger partial charge in [-0.2, -0.15) is 0 Å². The Balaban J connectivity index is 2.58. The standard InChI is InChI=1S/C13H21BO3/c1-10(2)5-4-8-17-13-7-6-11(3)9-12(13)14(15)16/h6-7,9-10,15-16H,4-5,8H2,1-3H3. The number of hydrogen-bond acceptors (Lipinski definition) is 3. The topological polar surface area (TPSA) is 49.7 Å². The highest BCUT2D eigenvalue weighted by Crippen LogP contribution is 2.11. The highest BCUT2D eigenvalue weighted by Gasteiger charge is 2.17. The molecule has 0 aliphatic rings. The lowest BCUT2D eigenvalue weighted by molar-refractivity contribution is 0.298. The van der Waals surface area contributed by atoms with Crippen LogP contribution in [0.25, 0.3) is 0 Å². The van der Waals surface area contributed by atoms with Crippen LogP contribution < -0.4 is 10.2 Å². The highest BCUT2D eigenvalue weighted by molar-refractivity contribution is 6.59. The second-order valence-corrected chi connectivity index (χ2v) is 4.80. The van der Waals surface area contributed by atoms with Crippen LogP contribution in [-0.4, -0.2) is 23.8 Å². The van der Waals surface area contributed by atoms with Gasteiger partial charge < -0.3 is 14.8 Å². The van der Waals surface area contributed by atoms with Gasteiger partial charge in [0.2, 0.25) is 0 Å². The second-order valence-electron chi connectivity index (χ2n) is 4.80. The fourth-order valence-corrected chi connectivity index (χ4v) is 1.67. The summed E-state index contributed by atoms with van der Waals surface area (Å²) in [4.78, 5) is 0. The molecule has 0 bridgehead atoms. The first kappa shape index (κ1) is 14.1.